The van der Waals surface area contributed by atoms with E-state index >= 15 is 0 Å². The van der Waals surface area contributed by atoms with Gasteiger partial charge in [0.15, 0.2) is 0 Å². The standard InChI is InChI=1S/C12H12F3N3O2/c13-12(14,15)7-1-2-8(17-5-7)6-18(9-3-4-9)11(20)10(16)19/h1-2,5,9H,3-4,6H2,(H2,16,19). The molecular formula is C12H12F3N3O2. The van der Waals surface area contributed by atoms with Gasteiger partial charge in [-0.1, -0.05) is 0 Å². The smallest absolute Gasteiger partial charge is 0.361 e. The van der Waals surface area contributed by atoms with Crippen LogP contribution in [0.5, 0.6) is 0 Å². The Labute approximate surface area is 112 Å². The molecule has 108 valence electrons. The van der Waals surface area contributed by atoms with Crippen molar-refractivity contribution < 1.29 is 22.8 Å². The van der Waals surface area contributed by atoms with E-state index < -0.39 is 23.6 Å². The minimum atomic E-state index is -4.45. The molecule has 0 atom stereocenters. The van der Waals surface area contributed by atoms with E-state index in [-0.39, 0.29) is 18.3 Å². The SMILES string of the molecule is NC(=O)C(=O)N(Cc1ccc(C(F)(F)F)cn1)C1CC1. The molecule has 1 fully saturated rings. The number of primary amides is 1. The molecule has 0 saturated heterocycles. The highest BCUT2D eigenvalue weighted by Crippen LogP contribution is 2.30. The van der Waals surface area contributed by atoms with Crippen LogP contribution in [-0.2, 0) is 22.3 Å². The first-order chi connectivity index (χ1) is 9.29. The van der Waals surface area contributed by atoms with Crippen LogP contribution in [0.1, 0.15) is 24.1 Å². The number of nitrogens with zero attached hydrogens (tertiary/aromatic N) is 2. The monoisotopic (exact) mass is 287 g/mol. The molecule has 1 aromatic heterocycles. The summed E-state index contributed by atoms with van der Waals surface area (Å²) in [5, 5.41) is 0. The summed E-state index contributed by atoms with van der Waals surface area (Å²) in [4.78, 5) is 27.4. The van der Waals surface area contributed by atoms with E-state index in [0.29, 0.717) is 6.20 Å². The molecule has 0 radical (unpaired) electrons. The summed E-state index contributed by atoms with van der Waals surface area (Å²) in [6, 6.07) is 1.99. The fraction of sp³-hybridized carbons (Fsp3) is 0.417. The molecule has 0 bridgehead atoms. The number of hydrogen-bond donors (Lipinski definition) is 1. The first-order valence-electron chi connectivity index (χ1n) is 5.91. The summed E-state index contributed by atoms with van der Waals surface area (Å²) in [5.74, 6) is -1.92. The summed E-state index contributed by atoms with van der Waals surface area (Å²) < 4.78 is 37.2. The Morgan fingerprint density at radius 1 is 1.35 bits per heavy atom. The minimum absolute atomic E-state index is 0.0232. The van der Waals surface area contributed by atoms with Crippen LogP contribution in [0.4, 0.5) is 13.2 Å². The third kappa shape index (κ3) is 3.25. The number of rotatable bonds is 3. The van der Waals surface area contributed by atoms with Crippen LogP contribution in [-0.4, -0.2) is 27.7 Å². The Balaban J connectivity index is 2.11. The second kappa shape index (κ2) is 5.10. The molecule has 5 nitrogen and oxygen atoms in total. The van der Waals surface area contributed by atoms with E-state index in [0.717, 1.165) is 18.9 Å². The first-order valence-corrected chi connectivity index (χ1v) is 5.91. The van der Waals surface area contributed by atoms with E-state index in [9.17, 15) is 22.8 Å². The van der Waals surface area contributed by atoms with Gasteiger partial charge in [-0.25, -0.2) is 0 Å². The maximum absolute atomic E-state index is 12.4. The summed E-state index contributed by atoms with van der Waals surface area (Å²) in [6.45, 7) is -0.0232. The second-order valence-corrected chi connectivity index (χ2v) is 4.56. The van der Waals surface area contributed by atoms with E-state index in [1.165, 1.54) is 11.0 Å². The number of carbonyl (C=O) groups excluding carboxylic acids is 2. The topological polar surface area (TPSA) is 76.3 Å². The highest BCUT2D eigenvalue weighted by atomic mass is 19.4. The van der Waals surface area contributed by atoms with Crippen LogP contribution < -0.4 is 5.73 Å². The van der Waals surface area contributed by atoms with Crippen LogP contribution in [0.2, 0.25) is 0 Å². The number of carbonyl (C=O) groups is 2. The third-order valence-electron chi connectivity index (χ3n) is 2.94. The quantitative estimate of drug-likeness (QED) is 0.845. The van der Waals surface area contributed by atoms with Crippen molar-refractivity contribution in [1.29, 1.82) is 0 Å². The van der Waals surface area contributed by atoms with Crippen LogP contribution in [0.25, 0.3) is 0 Å². The summed E-state index contributed by atoms with van der Waals surface area (Å²) in [7, 11) is 0. The molecule has 2 amide bonds. The highest BCUT2D eigenvalue weighted by Gasteiger charge is 2.35. The number of halogens is 3. The summed E-state index contributed by atoms with van der Waals surface area (Å²) >= 11 is 0. The van der Waals surface area contributed by atoms with Crippen molar-refractivity contribution in [2.75, 3.05) is 0 Å². The zero-order valence-electron chi connectivity index (χ0n) is 10.4. The molecule has 0 aromatic carbocycles. The van der Waals surface area contributed by atoms with Gasteiger partial charge in [-0.15, -0.1) is 0 Å². The second-order valence-electron chi connectivity index (χ2n) is 4.56. The predicted octanol–water partition coefficient (Wildman–Crippen LogP) is 1.08. The van der Waals surface area contributed by atoms with Gasteiger partial charge in [0.25, 0.3) is 0 Å². The van der Waals surface area contributed by atoms with Crippen LogP contribution in [0, 0.1) is 0 Å². The molecule has 1 aliphatic rings. The Hall–Kier alpha value is -2.12. The van der Waals surface area contributed by atoms with Crippen molar-refractivity contribution in [3.63, 3.8) is 0 Å². The van der Waals surface area contributed by atoms with Gasteiger partial charge in [-0.2, -0.15) is 13.2 Å². The third-order valence-corrected chi connectivity index (χ3v) is 2.94. The maximum Gasteiger partial charge on any atom is 0.417 e. The normalized spacial score (nSPS) is 14.9. The largest absolute Gasteiger partial charge is 0.417 e. The van der Waals surface area contributed by atoms with Crippen molar-refractivity contribution in [3.05, 3.63) is 29.6 Å². The molecular weight excluding hydrogens is 275 g/mol. The number of amides is 2. The average Bonchev–Trinajstić information content (AvgIpc) is 3.18. The number of nitrogens with two attached hydrogens (primary N) is 1. The molecule has 8 heteroatoms. The lowest BCUT2D eigenvalue weighted by atomic mass is 10.2. The fourth-order valence-electron chi connectivity index (χ4n) is 1.75. The van der Waals surface area contributed by atoms with E-state index in [1.54, 1.807) is 0 Å². The molecule has 0 aliphatic heterocycles. The van der Waals surface area contributed by atoms with Crippen LogP contribution in [0.3, 0.4) is 0 Å². The van der Waals surface area contributed by atoms with Gasteiger partial charge in [0, 0.05) is 12.2 Å². The average molecular weight is 287 g/mol. The van der Waals surface area contributed by atoms with Gasteiger partial charge in [0.2, 0.25) is 0 Å². The van der Waals surface area contributed by atoms with Crippen molar-refractivity contribution in [3.8, 4) is 0 Å². The molecule has 1 heterocycles. The predicted molar refractivity (Wildman–Crippen MR) is 62.0 cm³/mol. The van der Waals surface area contributed by atoms with Crippen molar-refractivity contribution >= 4 is 11.8 Å². The van der Waals surface area contributed by atoms with E-state index in [2.05, 4.69) is 4.98 Å². The van der Waals surface area contributed by atoms with Gasteiger partial charge < -0.3 is 10.6 Å². The maximum atomic E-state index is 12.4. The first kappa shape index (κ1) is 14.3. The lowest BCUT2D eigenvalue weighted by Crippen LogP contribution is -2.41. The molecule has 2 N–H and O–H groups in total. The molecule has 2 rings (SSSR count). The van der Waals surface area contributed by atoms with E-state index in [1.807, 2.05) is 0 Å². The molecule has 1 aromatic rings. The Morgan fingerprint density at radius 2 is 2.00 bits per heavy atom. The number of aromatic nitrogens is 1. The molecule has 1 aliphatic carbocycles. The van der Waals surface area contributed by atoms with Gasteiger partial charge in [-0.05, 0) is 25.0 Å². The van der Waals surface area contributed by atoms with E-state index in [4.69, 9.17) is 5.73 Å². The summed E-state index contributed by atoms with van der Waals surface area (Å²) in [6.07, 6.45) is -2.25. The number of hydrogen-bond acceptors (Lipinski definition) is 3. The van der Waals surface area contributed by atoms with Crippen molar-refractivity contribution in [2.45, 2.75) is 31.6 Å². The molecule has 1 saturated carbocycles. The zero-order chi connectivity index (χ0) is 14.9. The number of alkyl halides is 3. The molecule has 0 spiro atoms. The van der Waals surface area contributed by atoms with Crippen LogP contribution in [0.15, 0.2) is 18.3 Å². The van der Waals surface area contributed by atoms with Gasteiger partial charge >= 0.3 is 18.0 Å². The minimum Gasteiger partial charge on any atom is -0.361 e. The van der Waals surface area contributed by atoms with Gasteiger partial charge in [0.05, 0.1) is 17.8 Å². The lowest BCUT2D eigenvalue weighted by Gasteiger charge is -2.20. The Kier molecular flexibility index (Phi) is 3.65. The molecule has 20 heavy (non-hydrogen) atoms. The van der Waals surface area contributed by atoms with Crippen LogP contribution >= 0.6 is 0 Å². The lowest BCUT2D eigenvalue weighted by molar-refractivity contribution is -0.145. The fourth-order valence-corrected chi connectivity index (χ4v) is 1.75. The Morgan fingerprint density at radius 3 is 2.40 bits per heavy atom. The number of pyridine rings is 1. The van der Waals surface area contributed by atoms with Crippen molar-refractivity contribution in [1.82, 2.24) is 9.88 Å². The summed E-state index contributed by atoms with van der Waals surface area (Å²) in [5.41, 5.74) is 4.35. The molecule has 0 unspecified atom stereocenters. The highest BCUT2D eigenvalue weighted by molar-refractivity contribution is 6.34. The van der Waals surface area contributed by atoms with Gasteiger partial charge in [0.1, 0.15) is 0 Å². The Bertz CT molecular complexity index is 524. The zero-order valence-corrected chi connectivity index (χ0v) is 10.4. The van der Waals surface area contributed by atoms with Crippen molar-refractivity contribution in [2.24, 2.45) is 5.73 Å². The van der Waals surface area contributed by atoms with Gasteiger partial charge in [-0.3, -0.25) is 14.6 Å².